The van der Waals surface area contributed by atoms with E-state index in [9.17, 15) is 10.2 Å². The number of benzene rings is 1. The van der Waals surface area contributed by atoms with Crippen LogP contribution in [0.15, 0.2) is 30.3 Å². The third-order valence-corrected chi connectivity index (χ3v) is 3.66. The monoisotopic (exact) mass is 265 g/mol. The van der Waals surface area contributed by atoms with Gasteiger partial charge in [0.1, 0.15) is 0 Å². The first kappa shape index (κ1) is 14.5. The fraction of sp³-hybridized carbons (Fsp3) is 0.600. The van der Waals surface area contributed by atoms with Crippen molar-refractivity contribution in [2.45, 2.75) is 24.5 Å². The molecule has 2 N–H and O–H groups in total. The largest absolute Gasteiger partial charge is 0.388 e. The predicted molar refractivity (Wildman–Crippen MR) is 73.9 cm³/mol. The van der Waals surface area contributed by atoms with Gasteiger partial charge in [0.15, 0.2) is 0 Å². The summed E-state index contributed by atoms with van der Waals surface area (Å²) >= 11 is 0. The highest BCUT2D eigenvalue weighted by Gasteiger charge is 2.31. The molecule has 0 radical (unpaired) electrons. The van der Waals surface area contributed by atoms with Crippen LogP contribution in [0, 0.1) is 0 Å². The van der Waals surface area contributed by atoms with Crippen molar-refractivity contribution in [2.24, 2.45) is 0 Å². The molecular weight excluding hydrogens is 242 g/mol. The maximum atomic E-state index is 10.4. The lowest BCUT2D eigenvalue weighted by Crippen LogP contribution is -2.46. The minimum Gasteiger partial charge on any atom is -0.388 e. The summed E-state index contributed by atoms with van der Waals surface area (Å²) in [5.41, 5.74) is 0.233. The van der Waals surface area contributed by atoms with Gasteiger partial charge in [0.05, 0.1) is 11.7 Å². The van der Waals surface area contributed by atoms with Gasteiger partial charge in [0, 0.05) is 39.1 Å². The zero-order valence-corrected chi connectivity index (χ0v) is 11.5. The normalized spacial score (nSPS) is 20.4. The second kappa shape index (κ2) is 6.48. The Kier molecular flexibility index (Phi) is 4.93. The third kappa shape index (κ3) is 4.28. The molecule has 2 rings (SSSR count). The van der Waals surface area contributed by atoms with E-state index in [1.807, 2.05) is 42.3 Å². The van der Waals surface area contributed by atoms with Crippen molar-refractivity contribution in [3.63, 3.8) is 0 Å². The van der Waals surface area contributed by atoms with Crippen molar-refractivity contribution in [2.75, 3.05) is 33.4 Å². The Hall–Kier alpha value is -0.940. The summed E-state index contributed by atoms with van der Waals surface area (Å²) in [4.78, 5) is 1.99. The molecule has 0 aliphatic carbocycles. The summed E-state index contributed by atoms with van der Waals surface area (Å²) in [5, 5.41) is 20.6. The van der Waals surface area contributed by atoms with Crippen LogP contribution in [-0.4, -0.2) is 54.1 Å². The van der Waals surface area contributed by atoms with E-state index in [0.29, 0.717) is 39.1 Å². The van der Waals surface area contributed by atoms with Crippen LogP contribution in [0.5, 0.6) is 0 Å². The average molecular weight is 265 g/mol. The van der Waals surface area contributed by atoms with E-state index in [1.54, 1.807) is 0 Å². The SMILES string of the molecule is CN(CC(O)c1ccccc1)CC1(O)CCOCC1. The standard InChI is InChI=1S/C15H23NO3/c1-16(12-15(18)7-9-19-10-8-15)11-14(17)13-5-3-2-4-6-13/h2-6,14,17-18H,7-12H2,1H3. The van der Waals surface area contributed by atoms with E-state index in [2.05, 4.69) is 0 Å². The highest BCUT2D eigenvalue weighted by Crippen LogP contribution is 2.22. The molecule has 0 bridgehead atoms. The average Bonchev–Trinajstić information content (AvgIpc) is 2.39. The quantitative estimate of drug-likeness (QED) is 0.840. The molecule has 0 aromatic heterocycles. The van der Waals surface area contributed by atoms with Gasteiger partial charge in [-0.05, 0) is 12.6 Å². The molecular formula is C15H23NO3. The van der Waals surface area contributed by atoms with E-state index in [4.69, 9.17) is 4.74 Å². The maximum absolute atomic E-state index is 10.4. The molecule has 4 nitrogen and oxygen atoms in total. The number of nitrogens with zero attached hydrogens (tertiary/aromatic N) is 1. The molecule has 4 heteroatoms. The van der Waals surface area contributed by atoms with Crippen molar-refractivity contribution >= 4 is 0 Å². The summed E-state index contributed by atoms with van der Waals surface area (Å²) in [7, 11) is 1.93. The van der Waals surface area contributed by atoms with Gasteiger partial charge in [0.2, 0.25) is 0 Å². The van der Waals surface area contributed by atoms with Crippen LogP contribution in [0.1, 0.15) is 24.5 Å². The highest BCUT2D eigenvalue weighted by atomic mass is 16.5. The van der Waals surface area contributed by atoms with Gasteiger partial charge in [-0.1, -0.05) is 30.3 Å². The Labute approximate surface area is 114 Å². The summed E-state index contributed by atoms with van der Waals surface area (Å²) in [5.74, 6) is 0. The van der Waals surface area contributed by atoms with Crippen molar-refractivity contribution in [3.05, 3.63) is 35.9 Å². The van der Waals surface area contributed by atoms with E-state index in [0.717, 1.165) is 5.56 Å². The predicted octanol–water partition coefficient (Wildman–Crippen LogP) is 1.19. The molecule has 1 saturated heterocycles. The molecule has 106 valence electrons. The van der Waals surface area contributed by atoms with Crippen LogP contribution in [0.25, 0.3) is 0 Å². The fourth-order valence-electron chi connectivity index (χ4n) is 2.55. The molecule has 1 aromatic carbocycles. The maximum Gasteiger partial charge on any atom is 0.0916 e. The molecule has 1 aromatic rings. The first-order valence-electron chi connectivity index (χ1n) is 6.81. The van der Waals surface area contributed by atoms with Crippen LogP contribution in [-0.2, 0) is 4.74 Å². The second-order valence-electron chi connectivity index (χ2n) is 5.46. The van der Waals surface area contributed by atoms with E-state index in [-0.39, 0.29) is 0 Å². The first-order valence-corrected chi connectivity index (χ1v) is 6.81. The van der Waals surface area contributed by atoms with E-state index in [1.165, 1.54) is 0 Å². The number of aliphatic hydroxyl groups is 2. The van der Waals surface area contributed by atoms with Crippen LogP contribution in [0.3, 0.4) is 0 Å². The molecule has 1 heterocycles. The van der Waals surface area contributed by atoms with Crippen LogP contribution < -0.4 is 0 Å². The minimum absolute atomic E-state index is 0.519. The number of likely N-dealkylation sites (N-methyl/N-ethyl adjacent to an activating group) is 1. The molecule has 1 aliphatic heterocycles. The van der Waals surface area contributed by atoms with Crippen LogP contribution in [0.4, 0.5) is 0 Å². The lowest BCUT2D eigenvalue weighted by Gasteiger charge is -2.36. The highest BCUT2D eigenvalue weighted by molar-refractivity contribution is 5.17. The molecule has 1 fully saturated rings. The van der Waals surface area contributed by atoms with Gasteiger partial charge in [-0.2, -0.15) is 0 Å². The van der Waals surface area contributed by atoms with Gasteiger partial charge in [-0.3, -0.25) is 0 Å². The number of rotatable bonds is 5. The Morgan fingerprint density at radius 2 is 1.89 bits per heavy atom. The molecule has 0 amide bonds. The van der Waals surface area contributed by atoms with Gasteiger partial charge in [-0.15, -0.1) is 0 Å². The Morgan fingerprint density at radius 3 is 2.53 bits per heavy atom. The molecule has 19 heavy (non-hydrogen) atoms. The lowest BCUT2D eigenvalue weighted by atomic mass is 9.93. The van der Waals surface area contributed by atoms with Gasteiger partial charge < -0.3 is 19.8 Å². The third-order valence-electron chi connectivity index (χ3n) is 3.66. The number of ether oxygens (including phenoxy) is 1. The smallest absolute Gasteiger partial charge is 0.0916 e. The summed E-state index contributed by atoms with van der Waals surface area (Å²) in [6.45, 7) is 2.32. The molecule has 1 aliphatic rings. The molecule has 0 saturated carbocycles. The van der Waals surface area contributed by atoms with Crippen molar-refractivity contribution in [3.8, 4) is 0 Å². The zero-order chi connectivity index (χ0) is 13.7. The number of hydrogen-bond acceptors (Lipinski definition) is 4. The Bertz CT molecular complexity index is 376. The second-order valence-corrected chi connectivity index (χ2v) is 5.46. The number of aliphatic hydroxyl groups excluding tert-OH is 1. The summed E-state index contributed by atoms with van der Waals surface area (Å²) in [6, 6.07) is 9.61. The Balaban J connectivity index is 1.85. The molecule has 1 unspecified atom stereocenters. The van der Waals surface area contributed by atoms with Crippen LogP contribution in [0.2, 0.25) is 0 Å². The first-order chi connectivity index (χ1) is 9.09. The summed E-state index contributed by atoms with van der Waals surface area (Å²) < 4.78 is 5.27. The topological polar surface area (TPSA) is 52.9 Å². The lowest BCUT2D eigenvalue weighted by molar-refractivity contribution is -0.0799. The summed E-state index contributed by atoms with van der Waals surface area (Å²) in [6.07, 6.45) is 0.812. The van der Waals surface area contributed by atoms with Crippen molar-refractivity contribution < 1.29 is 14.9 Å². The Morgan fingerprint density at radius 1 is 1.26 bits per heavy atom. The van der Waals surface area contributed by atoms with Gasteiger partial charge in [0.25, 0.3) is 0 Å². The van der Waals surface area contributed by atoms with Gasteiger partial charge in [-0.25, -0.2) is 0 Å². The van der Waals surface area contributed by atoms with Crippen molar-refractivity contribution in [1.82, 2.24) is 4.90 Å². The van der Waals surface area contributed by atoms with Gasteiger partial charge >= 0.3 is 0 Å². The number of hydrogen-bond donors (Lipinski definition) is 2. The minimum atomic E-state index is -0.677. The van der Waals surface area contributed by atoms with Crippen molar-refractivity contribution in [1.29, 1.82) is 0 Å². The van der Waals surface area contributed by atoms with Crippen LogP contribution >= 0.6 is 0 Å². The molecule has 0 spiro atoms. The zero-order valence-electron chi connectivity index (χ0n) is 11.5. The van der Waals surface area contributed by atoms with E-state index < -0.39 is 11.7 Å². The molecule has 1 atom stereocenters. The van der Waals surface area contributed by atoms with E-state index >= 15 is 0 Å². The fourth-order valence-corrected chi connectivity index (χ4v) is 2.55.